The SMILES string of the molecule is COc1c(Cl)nc(/C(N)=C2\CCC[C@@]3(CCCc4sc(N)c(C#N)c43)C2=O)nc1O[C@@H](C)[C@@H]1CCCN1C. The van der Waals surface area contributed by atoms with E-state index in [1.54, 1.807) is 0 Å². The van der Waals surface area contributed by atoms with Crippen LogP contribution in [0.4, 0.5) is 5.00 Å². The van der Waals surface area contributed by atoms with E-state index in [0.29, 0.717) is 35.4 Å². The normalized spacial score (nSPS) is 25.7. The topological polar surface area (TPSA) is 140 Å². The highest BCUT2D eigenvalue weighted by molar-refractivity contribution is 7.16. The largest absolute Gasteiger partial charge is 0.489 e. The number of carbonyl (C=O) groups is 1. The maximum atomic E-state index is 14.2. The number of fused-ring (bicyclic) bond motifs is 2. The van der Waals surface area contributed by atoms with Gasteiger partial charge in [0.2, 0.25) is 5.75 Å². The molecule has 202 valence electrons. The minimum absolute atomic E-state index is 0.0679. The molecular weight excluding hydrogens is 524 g/mol. The van der Waals surface area contributed by atoms with Crippen molar-refractivity contribution in [1.82, 2.24) is 14.9 Å². The van der Waals surface area contributed by atoms with Crippen LogP contribution in [-0.2, 0) is 16.6 Å². The molecule has 2 aliphatic carbocycles. The predicted octanol–water partition coefficient (Wildman–Crippen LogP) is 4.21. The summed E-state index contributed by atoms with van der Waals surface area (Å²) in [6.07, 6.45) is 6.20. The van der Waals surface area contributed by atoms with Crippen molar-refractivity contribution in [2.75, 3.05) is 26.4 Å². The number of halogens is 1. The van der Waals surface area contributed by atoms with Gasteiger partial charge in [0.1, 0.15) is 17.2 Å². The van der Waals surface area contributed by atoms with Gasteiger partial charge in [-0.3, -0.25) is 9.69 Å². The summed E-state index contributed by atoms with van der Waals surface area (Å²) >= 11 is 7.92. The summed E-state index contributed by atoms with van der Waals surface area (Å²) in [6, 6.07) is 2.49. The van der Waals surface area contributed by atoms with Crippen LogP contribution in [0.3, 0.4) is 0 Å². The Kier molecular flexibility index (Phi) is 7.29. The zero-order chi connectivity index (χ0) is 27.2. The van der Waals surface area contributed by atoms with E-state index in [4.69, 9.17) is 32.5 Å². The first-order chi connectivity index (χ1) is 18.2. The molecule has 9 nitrogen and oxygen atoms in total. The smallest absolute Gasteiger partial charge is 0.262 e. The molecule has 0 unspecified atom stereocenters. The van der Waals surface area contributed by atoms with Crippen LogP contribution in [0.25, 0.3) is 5.70 Å². The number of nitrogens with two attached hydrogens (primary N) is 2. The van der Waals surface area contributed by atoms with E-state index in [-0.39, 0.29) is 46.2 Å². The van der Waals surface area contributed by atoms with Gasteiger partial charge in [0.15, 0.2) is 16.8 Å². The highest BCUT2D eigenvalue weighted by atomic mass is 35.5. The van der Waals surface area contributed by atoms with Crippen LogP contribution < -0.4 is 20.9 Å². The van der Waals surface area contributed by atoms with E-state index in [9.17, 15) is 10.1 Å². The van der Waals surface area contributed by atoms with Crippen LogP contribution >= 0.6 is 22.9 Å². The number of allylic oxidation sites excluding steroid dienone is 1. The monoisotopic (exact) mass is 556 g/mol. The van der Waals surface area contributed by atoms with Crippen LogP contribution in [0.5, 0.6) is 11.6 Å². The fourth-order valence-electron chi connectivity index (χ4n) is 6.48. The van der Waals surface area contributed by atoms with Gasteiger partial charge in [0, 0.05) is 16.5 Å². The Morgan fingerprint density at radius 2 is 2.03 bits per heavy atom. The molecule has 11 heteroatoms. The van der Waals surface area contributed by atoms with Gasteiger partial charge in [-0.05, 0) is 77.4 Å². The summed E-state index contributed by atoms with van der Waals surface area (Å²) in [5.41, 5.74) is 13.9. The van der Waals surface area contributed by atoms with Gasteiger partial charge in [-0.25, -0.2) is 4.98 Å². The summed E-state index contributed by atoms with van der Waals surface area (Å²) in [6.45, 7) is 3.01. The molecule has 0 radical (unpaired) electrons. The number of nitriles is 1. The van der Waals surface area contributed by atoms with E-state index in [1.165, 1.54) is 18.4 Å². The minimum Gasteiger partial charge on any atom is -0.489 e. The van der Waals surface area contributed by atoms with E-state index in [1.807, 2.05) is 6.92 Å². The lowest BCUT2D eigenvalue weighted by atomic mass is 9.61. The molecule has 5 rings (SSSR count). The standard InChI is InChI=1S/C27H33ClN6O3S/c1-14(17-8-6-12-34(17)2)37-26-21(36-3)23(28)32-25(33-26)20(30)15-7-4-10-27(22(15)35)11-5-9-18-19(27)16(13-29)24(31)38-18/h14,17H,4-12,30-31H2,1-3H3/b20-15-/t14-,17-,27-/m0/s1. The summed E-state index contributed by atoms with van der Waals surface area (Å²) in [5, 5.41) is 10.4. The highest BCUT2D eigenvalue weighted by Crippen LogP contribution is 2.52. The average molecular weight is 557 g/mol. The molecule has 3 aliphatic rings. The third-order valence-corrected chi connectivity index (χ3v) is 9.66. The van der Waals surface area contributed by atoms with Crippen molar-refractivity contribution in [1.29, 1.82) is 5.26 Å². The number of ether oxygens (including phenoxy) is 2. The maximum Gasteiger partial charge on any atom is 0.262 e. The molecule has 0 bridgehead atoms. The molecule has 4 N–H and O–H groups in total. The molecule has 3 atom stereocenters. The number of rotatable bonds is 5. The fraction of sp³-hybridized carbons (Fsp3) is 0.556. The van der Waals surface area contributed by atoms with E-state index in [0.717, 1.165) is 49.1 Å². The van der Waals surface area contributed by atoms with Gasteiger partial charge in [-0.15, -0.1) is 11.3 Å². The van der Waals surface area contributed by atoms with Gasteiger partial charge in [-0.1, -0.05) is 11.6 Å². The number of hydrogen-bond acceptors (Lipinski definition) is 10. The Labute approximate surface area is 231 Å². The number of likely N-dealkylation sites (N-methyl/N-ethyl adjacent to an activating group) is 1. The number of nitrogens with zero attached hydrogens (tertiary/aromatic N) is 4. The van der Waals surface area contributed by atoms with Crippen molar-refractivity contribution in [3.63, 3.8) is 0 Å². The number of ketones is 1. The molecule has 1 aliphatic heterocycles. The molecule has 2 aromatic heterocycles. The average Bonchev–Trinajstić information content (AvgIpc) is 3.47. The van der Waals surface area contributed by atoms with Gasteiger partial charge in [-0.2, -0.15) is 10.2 Å². The Morgan fingerprint density at radius 3 is 2.68 bits per heavy atom. The first-order valence-electron chi connectivity index (χ1n) is 13.1. The van der Waals surface area contributed by atoms with Gasteiger partial charge < -0.3 is 20.9 Å². The Morgan fingerprint density at radius 1 is 1.29 bits per heavy atom. The summed E-state index contributed by atoms with van der Waals surface area (Å²) in [4.78, 5) is 26.5. The second kappa shape index (κ2) is 10.4. The summed E-state index contributed by atoms with van der Waals surface area (Å²) in [7, 11) is 3.56. The lowest BCUT2D eigenvalue weighted by Gasteiger charge is -2.40. The minimum atomic E-state index is -0.803. The third kappa shape index (κ3) is 4.31. The Bertz CT molecular complexity index is 1350. The Hall–Kier alpha value is -2.87. The fourth-order valence-corrected chi connectivity index (χ4v) is 7.88. The van der Waals surface area contributed by atoms with Crippen molar-refractivity contribution in [3.8, 4) is 17.7 Å². The number of methoxy groups -OCH3 is 1. The number of anilines is 1. The number of thiophene rings is 1. The number of aromatic nitrogens is 2. The number of carbonyl (C=O) groups excluding carboxylic acids is 1. The predicted molar refractivity (Wildman–Crippen MR) is 147 cm³/mol. The van der Waals surface area contributed by atoms with E-state index in [2.05, 4.69) is 28.0 Å². The van der Waals surface area contributed by atoms with E-state index >= 15 is 0 Å². The molecule has 3 heterocycles. The molecule has 2 aromatic rings. The van der Waals surface area contributed by atoms with Crippen molar-refractivity contribution >= 4 is 39.4 Å². The zero-order valence-electron chi connectivity index (χ0n) is 22.0. The van der Waals surface area contributed by atoms with Crippen LogP contribution in [0.15, 0.2) is 5.57 Å². The molecule has 0 aromatic carbocycles. The lowest BCUT2D eigenvalue weighted by molar-refractivity contribution is -0.122. The van der Waals surface area contributed by atoms with Crippen LogP contribution in [0.1, 0.15) is 73.7 Å². The molecule has 1 spiro atoms. The lowest BCUT2D eigenvalue weighted by Crippen LogP contribution is -2.43. The summed E-state index contributed by atoms with van der Waals surface area (Å²) in [5.74, 6) is 0.501. The molecule has 1 saturated heterocycles. The molecule has 2 fully saturated rings. The van der Waals surface area contributed by atoms with E-state index < -0.39 is 5.41 Å². The van der Waals surface area contributed by atoms with Crippen molar-refractivity contribution in [3.05, 3.63) is 32.6 Å². The van der Waals surface area contributed by atoms with Crippen LogP contribution in [0.2, 0.25) is 5.15 Å². The number of likely N-dealkylation sites (tertiary alicyclic amines) is 1. The first-order valence-corrected chi connectivity index (χ1v) is 14.2. The van der Waals surface area contributed by atoms with Crippen molar-refractivity contribution < 1.29 is 14.3 Å². The number of nitrogen functional groups attached to an aromatic ring is 1. The second-order valence-electron chi connectivity index (χ2n) is 10.5. The maximum absolute atomic E-state index is 14.2. The molecule has 0 amide bonds. The quantitative estimate of drug-likeness (QED) is 0.409. The molecule has 38 heavy (non-hydrogen) atoms. The Balaban J connectivity index is 1.55. The second-order valence-corrected chi connectivity index (χ2v) is 11.9. The van der Waals surface area contributed by atoms with Gasteiger partial charge in [0.25, 0.3) is 5.88 Å². The molecular formula is C27H33ClN6O3S. The number of aryl methyl sites for hydroxylation is 1. The number of hydrogen-bond donors (Lipinski definition) is 2. The molecule has 1 saturated carbocycles. The first kappa shape index (κ1) is 26.7. The van der Waals surface area contributed by atoms with Gasteiger partial charge in [0.05, 0.1) is 23.8 Å². The van der Waals surface area contributed by atoms with Crippen LogP contribution in [0, 0.1) is 11.3 Å². The summed E-state index contributed by atoms with van der Waals surface area (Å²) < 4.78 is 11.7. The third-order valence-electron chi connectivity index (χ3n) is 8.32. The van der Waals surface area contributed by atoms with Gasteiger partial charge >= 0.3 is 0 Å². The van der Waals surface area contributed by atoms with Crippen molar-refractivity contribution in [2.24, 2.45) is 5.73 Å². The highest BCUT2D eigenvalue weighted by Gasteiger charge is 2.49. The number of Topliss-reactive ketones (excluding diaryl/α,β-unsaturated/α-hetero) is 1. The van der Waals surface area contributed by atoms with Crippen molar-refractivity contribution in [2.45, 2.75) is 75.9 Å². The zero-order valence-corrected chi connectivity index (χ0v) is 23.5. The van der Waals surface area contributed by atoms with Crippen LogP contribution in [-0.4, -0.2) is 53.5 Å².